The Hall–Kier alpha value is -0.120. The molecule has 3 heteroatoms. The molecule has 0 unspecified atom stereocenters. The van der Waals surface area contributed by atoms with Gasteiger partial charge in [-0.3, -0.25) is 0 Å². The lowest BCUT2D eigenvalue weighted by Crippen LogP contribution is -2.53. The maximum absolute atomic E-state index is 6.20. The van der Waals surface area contributed by atoms with Crippen LogP contribution < -0.4 is 5.32 Å². The van der Waals surface area contributed by atoms with E-state index in [-0.39, 0.29) is 5.54 Å². The second kappa shape index (κ2) is 5.89. The predicted octanol–water partition coefficient (Wildman–Crippen LogP) is 2.41. The second-order valence-electron chi connectivity index (χ2n) is 6.95. The maximum Gasteiger partial charge on any atom is 0.0608 e. The van der Waals surface area contributed by atoms with Crippen LogP contribution >= 0.6 is 0 Å². The van der Waals surface area contributed by atoms with Crippen LogP contribution in [0.2, 0.25) is 0 Å². The molecule has 106 valence electrons. The number of nitrogens with zero attached hydrogens (tertiary/aromatic N) is 1. The van der Waals surface area contributed by atoms with Crippen LogP contribution in [0.15, 0.2) is 0 Å². The number of ether oxygens (including phenoxy) is 1. The summed E-state index contributed by atoms with van der Waals surface area (Å²) in [6.45, 7) is 12.6. The lowest BCUT2D eigenvalue weighted by molar-refractivity contribution is -0.0862. The van der Waals surface area contributed by atoms with Gasteiger partial charge in [-0.2, -0.15) is 0 Å². The highest BCUT2D eigenvalue weighted by Gasteiger charge is 2.34. The third-order valence-corrected chi connectivity index (χ3v) is 4.10. The van der Waals surface area contributed by atoms with Crippen molar-refractivity contribution in [2.24, 2.45) is 0 Å². The molecule has 0 atom stereocenters. The summed E-state index contributed by atoms with van der Waals surface area (Å²) >= 11 is 0. The molecule has 1 saturated heterocycles. The molecule has 0 amide bonds. The molecule has 1 saturated carbocycles. The first-order chi connectivity index (χ1) is 8.46. The minimum absolute atomic E-state index is 0.238. The molecule has 2 aliphatic rings. The molecule has 0 aromatic carbocycles. The van der Waals surface area contributed by atoms with Crippen molar-refractivity contribution in [2.45, 2.75) is 77.2 Å². The van der Waals surface area contributed by atoms with Crippen molar-refractivity contribution in [3.63, 3.8) is 0 Å². The Morgan fingerprint density at radius 1 is 1.11 bits per heavy atom. The van der Waals surface area contributed by atoms with Crippen molar-refractivity contribution in [1.82, 2.24) is 10.2 Å². The van der Waals surface area contributed by atoms with Gasteiger partial charge in [0.1, 0.15) is 0 Å². The molecule has 1 heterocycles. The van der Waals surface area contributed by atoms with Gasteiger partial charge in [0.05, 0.1) is 12.2 Å². The van der Waals surface area contributed by atoms with E-state index in [1.807, 2.05) is 0 Å². The monoisotopic (exact) mass is 254 g/mol. The van der Waals surface area contributed by atoms with E-state index in [0.717, 1.165) is 0 Å². The highest BCUT2D eigenvalue weighted by Crippen LogP contribution is 2.28. The highest BCUT2D eigenvalue weighted by molar-refractivity contribution is 4.91. The fourth-order valence-corrected chi connectivity index (χ4v) is 3.04. The van der Waals surface area contributed by atoms with E-state index < -0.39 is 0 Å². The molecule has 3 nitrogen and oxygen atoms in total. The average Bonchev–Trinajstić information content (AvgIpc) is 2.25. The SMILES string of the molecule is CCN1CCC(O[C@H]2C[C@H](NC(C)(C)C)C2)CC1. The zero-order valence-corrected chi connectivity index (χ0v) is 12.5. The van der Waals surface area contributed by atoms with E-state index in [4.69, 9.17) is 4.74 Å². The fourth-order valence-electron chi connectivity index (χ4n) is 3.04. The standard InChI is InChI=1S/C15H30N2O/c1-5-17-8-6-13(7-9-17)18-14-10-12(11-14)16-15(2,3)4/h12-14,16H,5-11H2,1-4H3/t12-,14-. The van der Waals surface area contributed by atoms with Gasteiger partial charge in [0, 0.05) is 24.7 Å². The summed E-state index contributed by atoms with van der Waals surface area (Å²) in [7, 11) is 0. The van der Waals surface area contributed by atoms with Crippen LogP contribution in [0.5, 0.6) is 0 Å². The van der Waals surface area contributed by atoms with E-state index in [2.05, 4.69) is 37.9 Å². The van der Waals surface area contributed by atoms with Crippen molar-refractivity contribution >= 4 is 0 Å². The molecule has 0 aromatic rings. The van der Waals surface area contributed by atoms with Gasteiger partial charge < -0.3 is 15.0 Å². The molecule has 2 fully saturated rings. The van der Waals surface area contributed by atoms with Gasteiger partial charge in [0.2, 0.25) is 0 Å². The van der Waals surface area contributed by atoms with Crippen LogP contribution in [0.4, 0.5) is 0 Å². The topological polar surface area (TPSA) is 24.5 Å². The minimum atomic E-state index is 0.238. The van der Waals surface area contributed by atoms with Gasteiger partial charge in [-0.05, 0) is 53.0 Å². The third-order valence-electron chi connectivity index (χ3n) is 4.10. The van der Waals surface area contributed by atoms with Crippen LogP contribution in [-0.2, 0) is 4.74 Å². The first-order valence-electron chi connectivity index (χ1n) is 7.62. The van der Waals surface area contributed by atoms with E-state index in [0.29, 0.717) is 18.2 Å². The lowest BCUT2D eigenvalue weighted by atomic mass is 9.87. The van der Waals surface area contributed by atoms with E-state index in [9.17, 15) is 0 Å². The van der Waals surface area contributed by atoms with Crippen molar-refractivity contribution in [2.75, 3.05) is 19.6 Å². The first kappa shape index (κ1) is 14.3. The Kier molecular flexibility index (Phi) is 4.68. The quantitative estimate of drug-likeness (QED) is 0.834. The molecule has 0 aromatic heterocycles. The molecule has 2 rings (SSSR count). The van der Waals surface area contributed by atoms with Gasteiger partial charge in [0.25, 0.3) is 0 Å². The predicted molar refractivity (Wildman–Crippen MR) is 75.9 cm³/mol. The Morgan fingerprint density at radius 2 is 1.72 bits per heavy atom. The number of hydrogen-bond acceptors (Lipinski definition) is 3. The molecule has 1 aliphatic heterocycles. The Bertz CT molecular complexity index is 248. The molecule has 0 spiro atoms. The van der Waals surface area contributed by atoms with Crippen LogP contribution in [-0.4, -0.2) is 48.3 Å². The Balaban J connectivity index is 1.60. The van der Waals surface area contributed by atoms with Crippen molar-refractivity contribution in [1.29, 1.82) is 0 Å². The van der Waals surface area contributed by atoms with Crippen LogP contribution in [0, 0.1) is 0 Å². The fraction of sp³-hybridized carbons (Fsp3) is 1.00. The van der Waals surface area contributed by atoms with Crippen LogP contribution in [0.25, 0.3) is 0 Å². The smallest absolute Gasteiger partial charge is 0.0608 e. The molecular formula is C15H30N2O. The molecule has 1 N–H and O–H groups in total. The van der Waals surface area contributed by atoms with Gasteiger partial charge in [-0.1, -0.05) is 6.92 Å². The molecule has 18 heavy (non-hydrogen) atoms. The van der Waals surface area contributed by atoms with Crippen molar-refractivity contribution in [3.05, 3.63) is 0 Å². The van der Waals surface area contributed by atoms with Gasteiger partial charge in [-0.15, -0.1) is 0 Å². The number of hydrogen-bond donors (Lipinski definition) is 1. The molecule has 1 aliphatic carbocycles. The van der Waals surface area contributed by atoms with Crippen molar-refractivity contribution in [3.8, 4) is 0 Å². The Labute approximate surface area is 112 Å². The molecule has 0 bridgehead atoms. The van der Waals surface area contributed by atoms with Crippen molar-refractivity contribution < 1.29 is 4.74 Å². The molecular weight excluding hydrogens is 224 g/mol. The van der Waals surface area contributed by atoms with E-state index >= 15 is 0 Å². The lowest BCUT2D eigenvalue weighted by Gasteiger charge is -2.42. The first-order valence-corrected chi connectivity index (χ1v) is 7.62. The largest absolute Gasteiger partial charge is 0.375 e. The maximum atomic E-state index is 6.20. The number of nitrogens with one attached hydrogen (secondary N) is 1. The second-order valence-corrected chi connectivity index (χ2v) is 6.95. The van der Waals surface area contributed by atoms with Gasteiger partial charge in [0.15, 0.2) is 0 Å². The number of likely N-dealkylation sites (tertiary alicyclic amines) is 1. The normalized spacial score (nSPS) is 31.3. The van der Waals surface area contributed by atoms with Gasteiger partial charge in [-0.25, -0.2) is 0 Å². The van der Waals surface area contributed by atoms with Gasteiger partial charge >= 0.3 is 0 Å². The van der Waals surface area contributed by atoms with E-state index in [1.54, 1.807) is 0 Å². The summed E-state index contributed by atoms with van der Waals surface area (Å²) in [5.74, 6) is 0. The average molecular weight is 254 g/mol. The number of piperidine rings is 1. The summed E-state index contributed by atoms with van der Waals surface area (Å²) in [5, 5.41) is 3.65. The minimum Gasteiger partial charge on any atom is -0.375 e. The number of rotatable bonds is 4. The summed E-state index contributed by atoms with van der Waals surface area (Å²) in [4.78, 5) is 2.52. The van der Waals surface area contributed by atoms with E-state index in [1.165, 1.54) is 45.3 Å². The third kappa shape index (κ3) is 4.22. The molecule has 0 radical (unpaired) electrons. The van der Waals surface area contributed by atoms with Crippen LogP contribution in [0.1, 0.15) is 53.4 Å². The van der Waals surface area contributed by atoms with Crippen LogP contribution in [0.3, 0.4) is 0 Å². The Morgan fingerprint density at radius 3 is 2.22 bits per heavy atom. The summed E-state index contributed by atoms with van der Waals surface area (Å²) in [6, 6.07) is 0.672. The zero-order chi connectivity index (χ0) is 13.2. The zero-order valence-electron chi connectivity index (χ0n) is 12.5. The highest BCUT2D eigenvalue weighted by atomic mass is 16.5. The summed E-state index contributed by atoms with van der Waals surface area (Å²) < 4.78 is 6.20. The summed E-state index contributed by atoms with van der Waals surface area (Å²) in [5.41, 5.74) is 0.238. The summed E-state index contributed by atoms with van der Waals surface area (Å²) in [6.07, 6.45) is 5.89.